The quantitative estimate of drug-likeness (QED) is 0.792. The lowest BCUT2D eigenvalue weighted by Crippen LogP contribution is -2.47. The van der Waals surface area contributed by atoms with Crippen LogP contribution in [0.1, 0.15) is 26.2 Å². The van der Waals surface area contributed by atoms with Gasteiger partial charge in [-0.15, -0.1) is 0 Å². The Hall–Kier alpha value is -0.220. The Balaban J connectivity index is 2.37. The van der Waals surface area contributed by atoms with Gasteiger partial charge in [0.1, 0.15) is 0 Å². The van der Waals surface area contributed by atoms with Crippen LogP contribution in [0.25, 0.3) is 0 Å². The minimum Gasteiger partial charge on any atom is -0.341 e. The molecule has 3 nitrogen and oxygen atoms in total. The molecule has 0 saturated carbocycles. The highest BCUT2D eigenvalue weighted by Crippen LogP contribution is 2.16. The molecule has 0 spiro atoms. The Morgan fingerprint density at radius 1 is 1.67 bits per heavy atom. The van der Waals surface area contributed by atoms with Crippen LogP contribution < -0.4 is 5.73 Å². The summed E-state index contributed by atoms with van der Waals surface area (Å²) in [6.07, 6.45) is 5.21. The van der Waals surface area contributed by atoms with Gasteiger partial charge in [0.05, 0.1) is 6.04 Å². The maximum absolute atomic E-state index is 11.9. The number of likely N-dealkylation sites (tertiary alicyclic amines) is 1. The summed E-state index contributed by atoms with van der Waals surface area (Å²) in [5, 5.41) is 0. The van der Waals surface area contributed by atoms with Crippen LogP contribution in [-0.2, 0) is 4.79 Å². The van der Waals surface area contributed by atoms with Crippen molar-refractivity contribution in [2.45, 2.75) is 32.2 Å². The van der Waals surface area contributed by atoms with E-state index < -0.39 is 0 Å². The number of carbonyl (C=O) groups excluding carboxylic acids is 1. The second-order valence-corrected chi connectivity index (χ2v) is 5.41. The molecule has 0 aromatic rings. The molecule has 0 aliphatic carbocycles. The summed E-state index contributed by atoms with van der Waals surface area (Å²) in [5.41, 5.74) is 5.88. The maximum Gasteiger partial charge on any atom is 0.239 e. The molecule has 88 valence electrons. The van der Waals surface area contributed by atoms with E-state index in [4.69, 9.17) is 5.73 Å². The predicted molar refractivity (Wildman–Crippen MR) is 66.0 cm³/mol. The molecule has 2 N–H and O–H groups in total. The van der Waals surface area contributed by atoms with Crippen molar-refractivity contribution in [1.82, 2.24) is 4.90 Å². The van der Waals surface area contributed by atoms with Crippen molar-refractivity contribution in [3.05, 3.63) is 0 Å². The Labute approximate surface area is 96.8 Å². The minimum atomic E-state index is -0.289. The SMILES string of the molecule is CSCC[C@H](N)C(=O)N1CCCC(C)C1. The van der Waals surface area contributed by atoms with Gasteiger partial charge < -0.3 is 10.6 Å². The second kappa shape index (κ2) is 6.38. The minimum absolute atomic E-state index is 0.149. The normalized spacial score (nSPS) is 23.9. The molecule has 1 fully saturated rings. The Morgan fingerprint density at radius 2 is 2.40 bits per heavy atom. The van der Waals surface area contributed by atoms with Gasteiger partial charge in [-0.2, -0.15) is 11.8 Å². The van der Waals surface area contributed by atoms with Crippen LogP contribution in [0, 0.1) is 5.92 Å². The third-order valence-electron chi connectivity index (χ3n) is 2.92. The van der Waals surface area contributed by atoms with Gasteiger partial charge >= 0.3 is 0 Å². The molecule has 1 saturated heterocycles. The van der Waals surface area contributed by atoms with Crippen molar-refractivity contribution >= 4 is 17.7 Å². The fraction of sp³-hybridized carbons (Fsp3) is 0.909. The lowest BCUT2D eigenvalue weighted by Gasteiger charge is -2.32. The lowest BCUT2D eigenvalue weighted by molar-refractivity contribution is -0.134. The number of hydrogen-bond donors (Lipinski definition) is 1. The summed E-state index contributed by atoms with van der Waals surface area (Å²) < 4.78 is 0. The van der Waals surface area contributed by atoms with Crippen LogP contribution in [0.5, 0.6) is 0 Å². The van der Waals surface area contributed by atoms with Gasteiger partial charge in [-0.3, -0.25) is 4.79 Å². The van der Waals surface area contributed by atoms with Crippen LogP contribution in [-0.4, -0.2) is 41.9 Å². The largest absolute Gasteiger partial charge is 0.341 e. The topological polar surface area (TPSA) is 46.3 Å². The van der Waals surface area contributed by atoms with Crippen molar-refractivity contribution < 1.29 is 4.79 Å². The first-order valence-electron chi connectivity index (χ1n) is 5.68. The monoisotopic (exact) mass is 230 g/mol. The second-order valence-electron chi connectivity index (χ2n) is 4.42. The third-order valence-corrected chi connectivity index (χ3v) is 3.56. The number of piperidine rings is 1. The molecular weight excluding hydrogens is 208 g/mol. The van der Waals surface area contributed by atoms with E-state index in [0.29, 0.717) is 5.92 Å². The van der Waals surface area contributed by atoms with E-state index in [2.05, 4.69) is 6.92 Å². The molecular formula is C11H22N2OS. The highest BCUT2D eigenvalue weighted by atomic mass is 32.2. The van der Waals surface area contributed by atoms with Crippen molar-refractivity contribution in [3.63, 3.8) is 0 Å². The van der Waals surface area contributed by atoms with Crippen molar-refractivity contribution in [1.29, 1.82) is 0 Å². The standard InChI is InChI=1S/C11H22N2OS/c1-9-4-3-6-13(8-9)11(14)10(12)5-7-15-2/h9-10H,3-8,12H2,1-2H3/t9?,10-/m0/s1. The molecule has 1 amide bonds. The maximum atomic E-state index is 11.9. The number of thioether (sulfide) groups is 1. The number of hydrogen-bond acceptors (Lipinski definition) is 3. The van der Waals surface area contributed by atoms with Gasteiger partial charge in [0.25, 0.3) is 0 Å². The van der Waals surface area contributed by atoms with E-state index in [0.717, 1.165) is 31.7 Å². The number of amides is 1. The average Bonchev–Trinajstić information content (AvgIpc) is 2.24. The highest BCUT2D eigenvalue weighted by molar-refractivity contribution is 7.98. The van der Waals surface area contributed by atoms with E-state index in [-0.39, 0.29) is 11.9 Å². The van der Waals surface area contributed by atoms with Gasteiger partial charge in [0, 0.05) is 13.1 Å². The predicted octanol–water partition coefficient (Wildman–Crippen LogP) is 1.33. The van der Waals surface area contributed by atoms with Crippen molar-refractivity contribution in [2.24, 2.45) is 11.7 Å². The smallest absolute Gasteiger partial charge is 0.239 e. The van der Waals surface area contributed by atoms with Gasteiger partial charge in [-0.05, 0) is 37.2 Å². The fourth-order valence-corrected chi connectivity index (χ4v) is 2.48. The number of nitrogens with zero attached hydrogens (tertiary/aromatic N) is 1. The highest BCUT2D eigenvalue weighted by Gasteiger charge is 2.24. The van der Waals surface area contributed by atoms with E-state index in [9.17, 15) is 4.79 Å². The van der Waals surface area contributed by atoms with Crippen LogP contribution in [0.3, 0.4) is 0 Å². The molecule has 0 bridgehead atoms. The Morgan fingerprint density at radius 3 is 3.00 bits per heavy atom. The summed E-state index contributed by atoms with van der Waals surface area (Å²) in [6.45, 7) is 3.99. The molecule has 0 aromatic carbocycles. The Bertz CT molecular complexity index is 211. The van der Waals surface area contributed by atoms with Gasteiger partial charge in [0.15, 0.2) is 0 Å². The molecule has 0 aromatic heterocycles. The molecule has 1 rings (SSSR count). The van der Waals surface area contributed by atoms with Crippen molar-refractivity contribution in [3.8, 4) is 0 Å². The lowest BCUT2D eigenvalue weighted by atomic mass is 9.99. The zero-order chi connectivity index (χ0) is 11.3. The van der Waals surface area contributed by atoms with Crippen LogP contribution in [0.15, 0.2) is 0 Å². The third kappa shape index (κ3) is 4.03. The number of rotatable bonds is 4. The molecule has 0 radical (unpaired) electrons. The molecule has 1 aliphatic heterocycles. The zero-order valence-corrected chi connectivity index (χ0v) is 10.6. The first-order chi connectivity index (χ1) is 7.15. The van der Waals surface area contributed by atoms with Crippen LogP contribution in [0.4, 0.5) is 0 Å². The summed E-state index contributed by atoms with van der Waals surface area (Å²) >= 11 is 1.74. The first kappa shape index (κ1) is 12.8. The Kier molecular flexibility index (Phi) is 5.47. The zero-order valence-electron chi connectivity index (χ0n) is 9.74. The first-order valence-corrected chi connectivity index (χ1v) is 7.08. The van der Waals surface area contributed by atoms with Gasteiger partial charge in [-0.1, -0.05) is 6.92 Å². The number of carbonyl (C=O) groups is 1. The number of nitrogens with two attached hydrogens (primary N) is 1. The van der Waals surface area contributed by atoms with Crippen LogP contribution in [0.2, 0.25) is 0 Å². The molecule has 4 heteroatoms. The van der Waals surface area contributed by atoms with E-state index in [1.165, 1.54) is 6.42 Å². The summed E-state index contributed by atoms with van der Waals surface area (Å²) in [6, 6.07) is -0.289. The average molecular weight is 230 g/mol. The molecule has 2 atom stereocenters. The molecule has 1 aliphatic rings. The van der Waals surface area contributed by atoms with Gasteiger partial charge in [0.2, 0.25) is 5.91 Å². The van der Waals surface area contributed by atoms with Gasteiger partial charge in [-0.25, -0.2) is 0 Å². The summed E-state index contributed by atoms with van der Waals surface area (Å²) in [7, 11) is 0. The molecule has 15 heavy (non-hydrogen) atoms. The molecule has 1 unspecified atom stereocenters. The molecule has 1 heterocycles. The summed E-state index contributed by atoms with van der Waals surface area (Å²) in [5.74, 6) is 1.75. The van der Waals surface area contributed by atoms with E-state index >= 15 is 0 Å². The van der Waals surface area contributed by atoms with Crippen molar-refractivity contribution in [2.75, 3.05) is 25.1 Å². The van der Waals surface area contributed by atoms with E-state index in [1.54, 1.807) is 11.8 Å². The van der Waals surface area contributed by atoms with Crippen LogP contribution >= 0.6 is 11.8 Å². The fourth-order valence-electron chi connectivity index (χ4n) is 1.99. The summed E-state index contributed by atoms with van der Waals surface area (Å²) in [4.78, 5) is 13.9. The van der Waals surface area contributed by atoms with E-state index in [1.807, 2.05) is 11.2 Å².